The first-order valence-corrected chi connectivity index (χ1v) is 14.9. The summed E-state index contributed by atoms with van der Waals surface area (Å²) in [5.41, 5.74) is 10.5. The summed E-state index contributed by atoms with van der Waals surface area (Å²) in [4.78, 5) is 23.8. The minimum absolute atomic E-state index is 0.0838. The van der Waals surface area contributed by atoms with Gasteiger partial charge in [0.05, 0.1) is 22.0 Å². The molecule has 1 aliphatic carbocycles. The van der Waals surface area contributed by atoms with Crippen molar-refractivity contribution in [1.29, 1.82) is 0 Å². The van der Waals surface area contributed by atoms with Crippen molar-refractivity contribution < 1.29 is 4.39 Å². The number of nitrogens with zero attached hydrogens (tertiary/aromatic N) is 2. The molecular formula is C36H26FN3OS. The summed E-state index contributed by atoms with van der Waals surface area (Å²) in [6.07, 6.45) is 3.69. The van der Waals surface area contributed by atoms with Crippen LogP contribution in [0.5, 0.6) is 0 Å². The van der Waals surface area contributed by atoms with Gasteiger partial charge in [-0.05, 0) is 65.8 Å². The smallest absolute Gasteiger partial charge is 0.271 e. The average Bonchev–Trinajstić information content (AvgIpc) is 3.55. The van der Waals surface area contributed by atoms with Crippen LogP contribution in [0.2, 0.25) is 0 Å². The summed E-state index contributed by atoms with van der Waals surface area (Å²) in [7, 11) is 0. The summed E-state index contributed by atoms with van der Waals surface area (Å²) in [5, 5.41) is 1.07. The Balaban J connectivity index is 1.41. The van der Waals surface area contributed by atoms with Crippen LogP contribution >= 0.6 is 11.3 Å². The third-order valence-electron chi connectivity index (χ3n) is 8.48. The van der Waals surface area contributed by atoms with Crippen LogP contribution in [0.1, 0.15) is 40.3 Å². The van der Waals surface area contributed by atoms with Crippen molar-refractivity contribution in [2.75, 3.05) is 0 Å². The maximum Gasteiger partial charge on any atom is 0.271 e. The van der Waals surface area contributed by atoms with E-state index in [2.05, 4.69) is 60.4 Å². The summed E-state index contributed by atoms with van der Waals surface area (Å²) in [6.45, 7) is 2.09. The molecule has 0 bridgehead atoms. The van der Waals surface area contributed by atoms with E-state index in [4.69, 9.17) is 4.99 Å². The van der Waals surface area contributed by atoms with E-state index in [0.717, 1.165) is 68.5 Å². The summed E-state index contributed by atoms with van der Waals surface area (Å²) >= 11 is 1.41. The van der Waals surface area contributed by atoms with Gasteiger partial charge in [0.25, 0.3) is 5.56 Å². The van der Waals surface area contributed by atoms with Gasteiger partial charge < -0.3 is 4.98 Å². The number of halogens is 1. The monoisotopic (exact) mass is 567 g/mol. The molecule has 0 unspecified atom stereocenters. The second-order valence-corrected chi connectivity index (χ2v) is 12.0. The van der Waals surface area contributed by atoms with Gasteiger partial charge in [-0.2, -0.15) is 0 Å². The Labute approximate surface area is 245 Å². The largest absolute Gasteiger partial charge is 0.354 e. The van der Waals surface area contributed by atoms with Gasteiger partial charge in [0.1, 0.15) is 5.82 Å². The van der Waals surface area contributed by atoms with Gasteiger partial charge in [0, 0.05) is 22.0 Å². The van der Waals surface area contributed by atoms with Crippen molar-refractivity contribution in [3.05, 3.63) is 156 Å². The predicted molar refractivity (Wildman–Crippen MR) is 168 cm³/mol. The number of rotatable bonds is 3. The maximum atomic E-state index is 14.3. The molecule has 1 atom stereocenters. The molecule has 3 heterocycles. The van der Waals surface area contributed by atoms with Crippen LogP contribution in [0.3, 0.4) is 0 Å². The predicted octanol–water partition coefficient (Wildman–Crippen LogP) is 6.91. The third-order valence-corrected chi connectivity index (χ3v) is 9.46. The normalized spacial score (nSPS) is 16.2. The van der Waals surface area contributed by atoms with Crippen LogP contribution in [-0.4, -0.2) is 9.55 Å². The Morgan fingerprint density at radius 3 is 2.55 bits per heavy atom. The van der Waals surface area contributed by atoms with Crippen LogP contribution in [0, 0.1) is 12.7 Å². The molecular weight excluding hydrogens is 541 g/mol. The highest BCUT2D eigenvalue weighted by molar-refractivity contribution is 7.07. The summed E-state index contributed by atoms with van der Waals surface area (Å²) in [5.74, 6) is -0.294. The van der Waals surface area contributed by atoms with Crippen molar-refractivity contribution >= 4 is 34.0 Å². The zero-order chi connectivity index (χ0) is 28.4. The van der Waals surface area contributed by atoms with Crippen LogP contribution in [0.4, 0.5) is 4.39 Å². The van der Waals surface area contributed by atoms with Crippen LogP contribution in [0.25, 0.3) is 33.9 Å². The lowest BCUT2D eigenvalue weighted by atomic mass is 9.83. The lowest BCUT2D eigenvalue weighted by molar-refractivity contribution is 0.581. The van der Waals surface area contributed by atoms with E-state index in [-0.39, 0.29) is 17.4 Å². The Morgan fingerprint density at radius 2 is 1.71 bits per heavy atom. The zero-order valence-corrected chi connectivity index (χ0v) is 23.7. The third kappa shape index (κ3) is 3.86. The number of aryl methyl sites for hydroxylation is 2. The van der Waals surface area contributed by atoms with E-state index in [1.807, 2.05) is 34.9 Å². The average molecular weight is 568 g/mol. The fraction of sp³-hybridized carbons (Fsp3) is 0.111. The quantitative estimate of drug-likeness (QED) is 0.248. The second kappa shape index (κ2) is 9.64. The molecule has 1 aliphatic heterocycles. The minimum atomic E-state index is -0.342. The molecule has 0 saturated carbocycles. The molecule has 4 nitrogen and oxygen atoms in total. The molecule has 0 saturated heterocycles. The highest BCUT2D eigenvalue weighted by Gasteiger charge is 2.32. The van der Waals surface area contributed by atoms with E-state index in [0.29, 0.717) is 9.33 Å². The molecule has 0 spiro atoms. The van der Waals surface area contributed by atoms with Gasteiger partial charge in [0.15, 0.2) is 4.80 Å². The van der Waals surface area contributed by atoms with Crippen molar-refractivity contribution in [3.8, 4) is 11.3 Å². The molecule has 6 aromatic rings. The molecule has 6 heteroatoms. The van der Waals surface area contributed by atoms with Gasteiger partial charge in [-0.15, -0.1) is 0 Å². The minimum Gasteiger partial charge on any atom is -0.354 e. The van der Waals surface area contributed by atoms with E-state index in [1.54, 1.807) is 12.1 Å². The number of aromatic amines is 1. The lowest BCUT2D eigenvalue weighted by Crippen LogP contribution is -2.38. The molecule has 2 aliphatic rings. The molecule has 0 amide bonds. The maximum absolute atomic E-state index is 14.3. The van der Waals surface area contributed by atoms with E-state index in [9.17, 15) is 9.18 Å². The van der Waals surface area contributed by atoms with Crippen molar-refractivity contribution in [2.24, 2.45) is 4.99 Å². The first kappa shape index (κ1) is 24.9. The number of hydrogen-bond acceptors (Lipinski definition) is 3. The van der Waals surface area contributed by atoms with Crippen molar-refractivity contribution in [1.82, 2.24) is 9.55 Å². The standard InChI is InChI=1S/C36H26FN3OS/c1-21-8-7-13-27-29(32(38-31(21)27)23-10-3-2-4-11-23)20-30-35(41)40-34(24-14-17-25(37)18-15-24)28-19-16-22-9-5-6-12-26(22)33(28)39-36(40)42-30/h2-15,17-18,20,34,38H,16,19H2,1H3/b30-20+/t34-/m1/s1. The number of allylic oxidation sites excluding steroid dienone is 1. The summed E-state index contributed by atoms with van der Waals surface area (Å²) < 4.78 is 16.4. The number of H-pyrrole nitrogens is 1. The number of aromatic nitrogens is 2. The van der Waals surface area contributed by atoms with Crippen molar-refractivity contribution in [3.63, 3.8) is 0 Å². The molecule has 204 valence electrons. The molecule has 8 rings (SSSR count). The fourth-order valence-electron chi connectivity index (χ4n) is 6.47. The number of para-hydroxylation sites is 1. The van der Waals surface area contributed by atoms with E-state index >= 15 is 0 Å². The molecule has 4 aromatic carbocycles. The highest BCUT2D eigenvalue weighted by atomic mass is 32.1. The number of hydrogen-bond donors (Lipinski definition) is 1. The fourth-order valence-corrected chi connectivity index (χ4v) is 7.45. The molecule has 2 aromatic heterocycles. The van der Waals surface area contributed by atoms with Gasteiger partial charge in [0.2, 0.25) is 0 Å². The topological polar surface area (TPSA) is 50.1 Å². The van der Waals surface area contributed by atoms with Gasteiger partial charge in [-0.25, -0.2) is 9.38 Å². The summed E-state index contributed by atoms with van der Waals surface area (Å²) in [6, 6.07) is 31.0. The number of nitrogens with one attached hydrogen (secondary N) is 1. The number of thiazole rings is 1. The van der Waals surface area contributed by atoms with Crippen LogP contribution in [0.15, 0.2) is 112 Å². The Kier molecular flexibility index (Phi) is 5.72. The van der Waals surface area contributed by atoms with Gasteiger partial charge >= 0.3 is 0 Å². The second-order valence-electron chi connectivity index (χ2n) is 10.9. The number of fused-ring (bicyclic) bond motifs is 4. The van der Waals surface area contributed by atoms with Crippen LogP contribution < -0.4 is 14.9 Å². The first-order chi connectivity index (χ1) is 20.6. The SMILES string of the molecule is Cc1cccc2c(/C=c3/sc4n(c3=O)[C@H](c3ccc(F)cc3)C3=C(N=4)c4ccccc4CC3)c(-c3ccccc3)[nH]c12. The Hall–Kier alpha value is -4.81. The number of benzene rings is 4. The molecule has 42 heavy (non-hydrogen) atoms. The Morgan fingerprint density at radius 1 is 0.929 bits per heavy atom. The van der Waals surface area contributed by atoms with Gasteiger partial charge in [-0.3, -0.25) is 9.36 Å². The van der Waals surface area contributed by atoms with Crippen LogP contribution in [-0.2, 0) is 6.42 Å². The lowest BCUT2D eigenvalue weighted by Gasteiger charge is -2.30. The van der Waals surface area contributed by atoms with Crippen molar-refractivity contribution in [2.45, 2.75) is 25.8 Å². The molecule has 1 N–H and O–H groups in total. The van der Waals surface area contributed by atoms with E-state index in [1.165, 1.54) is 29.0 Å². The highest BCUT2D eigenvalue weighted by Crippen LogP contribution is 2.41. The molecule has 0 radical (unpaired) electrons. The van der Waals surface area contributed by atoms with E-state index < -0.39 is 0 Å². The zero-order valence-electron chi connectivity index (χ0n) is 22.9. The van der Waals surface area contributed by atoms with Gasteiger partial charge in [-0.1, -0.05) is 96.3 Å². The molecule has 0 fully saturated rings. The first-order valence-electron chi connectivity index (χ1n) is 14.1. The Bertz CT molecular complexity index is 2240.